The number of hydroxylamine groups is 1. The fourth-order valence-corrected chi connectivity index (χ4v) is 4.13. The van der Waals surface area contributed by atoms with E-state index >= 15 is 0 Å². The number of rotatable bonds is 12. The molecule has 3 aromatic rings. The Bertz CT molecular complexity index is 1180. The summed E-state index contributed by atoms with van der Waals surface area (Å²) in [6.45, 7) is 2.80. The maximum atomic E-state index is 12.9. The van der Waals surface area contributed by atoms with Crippen molar-refractivity contribution in [3.63, 3.8) is 0 Å². The van der Waals surface area contributed by atoms with Crippen molar-refractivity contribution in [1.29, 1.82) is 0 Å². The highest BCUT2D eigenvalue weighted by Crippen LogP contribution is 2.22. The van der Waals surface area contributed by atoms with Crippen LogP contribution in [0.1, 0.15) is 22.3 Å². The lowest BCUT2D eigenvalue weighted by Gasteiger charge is -2.25. The van der Waals surface area contributed by atoms with Crippen LogP contribution in [-0.4, -0.2) is 73.0 Å². The lowest BCUT2D eigenvalue weighted by molar-refractivity contribution is -0.140. The van der Waals surface area contributed by atoms with Gasteiger partial charge in [-0.2, -0.15) is 0 Å². The molecule has 9 nitrogen and oxygen atoms in total. The molecule has 0 aliphatic heterocycles. The number of anilines is 1. The third kappa shape index (κ3) is 7.64. The first-order chi connectivity index (χ1) is 18.3. The maximum absolute atomic E-state index is 12.9. The zero-order chi connectivity index (χ0) is 27.5. The average molecular weight is 518 g/mol. The highest BCUT2D eigenvalue weighted by atomic mass is 16.5. The molecule has 9 heteroatoms. The molecular weight excluding hydrogens is 482 g/mol. The molecule has 0 aliphatic carbocycles. The predicted molar refractivity (Wildman–Crippen MR) is 148 cm³/mol. The number of nitrogens with one attached hydrogen (secondary N) is 3. The van der Waals surface area contributed by atoms with Gasteiger partial charge in [-0.1, -0.05) is 54.6 Å². The molecule has 0 aliphatic rings. The van der Waals surface area contributed by atoms with E-state index in [2.05, 4.69) is 46.8 Å². The molecular formula is C29H35N5O4. The molecule has 1 atom stereocenters. The van der Waals surface area contributed by atoms with Crippen molar-refractivity contribution in [1.82, 2.24) is 20.6 Å². The molecule has 38 heavy (non-hydrogen) atoms. The van der Waals surface area contributed by atoms with Crippen molar-refractivity contribution in [3.05, 3.63) is 90.0 Å². The van der Waals surface area contributed by atoms with Gasteiger partial charge in [0.15, 0.2) is 6.04 Å². The second-order valence-electron chi connectivity index (χ2n) is 9.07. The third-order valence-electron chi connectivity index (χ3n) is 6.25. The molecule has 3 amide bonds. The number of carbonyl (C=O) groups is 3. The van der Waals surface area contributed by atoms with Gasteiger partial charge in [0.25, 0.3) is 17.7 Å². The average Bonchev–Trinajstić information content (AvgIpc) is 2.95. The standard InChI is InChI=1S/C29H35N5O4/c1-30-27(35)26(28(36)32-38)34(3)29(37)24-12-10-22(11-13-24)23-14-16-25(17-15-23)31-18-7-19-33(2)20-21-8-5-4-6-9-21/h4-6,8-17,26,31,38H,7,18-20H2,1-3H3,(H,30,35)(H,32,36). The first-order valence-electron chi connectivity index (χ1n) is 12.4. The van der Waals surface area contributed by atoms with Gasteiger partial charge in [-0.15, -0.1) is 0 Å². The van der Waals surface area contributed by atoms with Crippen LogP contribution in [0, 0.1) is 0 Å². The van der Waals surface area contributed by atoms with Gasteiger partial charge < -0.3 is 20.4 Å². The van der Waals surface area contributed by atoms with Crippen LogP contribution in [0.2, 0.25) is 0 Å². The highest BCUT2D eigenvalue weighted by Gasteiger charge is 2.33. The molecule has 0 bridgehead atoms. The topological polar surface area (TPSA) is 114 Å². The quantitative estimate of drug-likeness (QED) is 0.127. The van der Waals surface area contributed by atoms with Crippen molar-refractivity contribution in [2.75, 3.05) is 39.5 Å². The van der Waals surface area contributed by atoms with Crippen molar-refractivity contribution < 1.29 is 19.6 Å². The van der Waals surface area contributed by atoms with Gasteiger partial charge >= 0.3 is 0 Å². The molecule has 200 valence electrons. The van der Waals surface area contributed by atoms with Gasteiger partial charge in [-0.3, -0.25) is 19.6 Å². The SMILES string of the molecule is CNC(=O)C(C(=O)NO)N(C)C(=O)c1ccc(-c2ccc(NCCCN(C)Cc3ccccc3)cc2)cc1. The molecule has 3 aromatic carbocycles. The second-order valence-corrected chi connectivity index (χ2v) is 9.07. The van der Waals surface area contributed by atoms with Gasteiger partial charge in [0.1, 0.15) is 0 Å². The number of hydrogen-bond acceptors (Lipinski definition) is 6. The summed E-state index contributed by atoms with van der Waals surface area (Å²) < 4.78 is 0. The molecule has 4 N–H and O–H groups in total. The zero-order valence-corrected chi connectivity index (χ0v) is 22.0. The highest BCUT2D eigenvalue weighted by molar-refractivity contribution is 6.08. The van der Waals surface area contributed by atoms with E-state index in [1.165, 1.54) is 25.1 Å². The minimum Gasteiger partial charge on any atom is -0.385 e. The Morgan fingerprint density at radius 1 is 0.842 bits per heavy atom. The van der Waals surface area contributed by atoms with Crippen molar-refractivity contribution in [2.45, 2.75) is 19.0 Å². The summed E-state index contributed by atoms with van der Waals surface area (Å²) >= 11 is 0. The maximum Gasteiger partial charge on any atom is 0.275 e. The van der Waals surface area contributed by atoms with E-state index < -0.39 is 23.8 Å². The van der Waals surface area contributed by atoms with Crippen LogP contribution in [0.5, 0.6) is 0 Å². The van der Waals surface area contributed by atoms with E-state index in [1.807, 2.05) is 42.5 Å². The third-order valence-corrected chi connectivity index (χ3v) is 6.25. The Balaban J connectivity index is 1.52. The van der Waals surface area contributed by atoms with Crippen LogP contribution in [0.15, 0.2) is 78.9 Å². The van der Waals surface area contributed by atoms with Crippen molar-refractivity contribution in [3.8, 4) is 11.1 Å². The molecule has 0 heterocycles. The summed E-state index contributed by atoms with van der Waals surface area (Å²) in [4.78, 5) is 40.1. The Kier molecular flexibility index (Phi) is 10.4. The normalized spacial score (nSPS) is 11.5. The number of benzene rings is 3. The van der Waals surface area contributed by atoms with Gasteiger partial charge in [-0.05, 0) is 61.0 Å². The van der Waals surface area contributed by atoms with Gasteiger partial charge in [0.2, 0.25) is 0 Å². The predicted octanol–water partition coefficient (Wildman–Crippen LogP) is 2.98. The number of nitrogens with zero attached hydrogens (tertiary/aromatic N) is 2. The van der Waals surface area contributed by atoms with E-state index in [-0.39, 0.29) is 0 Å². The summed E-state index contributed by atoms with van der Waals surface area (Å²) in [7, 11) is 4.81. The Morgan fingerprint density at radius 3 is 2.03 bits per heavy atom. The van der Waals surface area contributed by atoms with E-state index in [0.29, 0.717) is 5.56 Å². The van der Waals surface area contributed by atoms with Crippen LogP contribution in [0.3, 0.4) is 0 Å². The number of amides is 3. The van der Waals surface area contributed by atoms with Crippen LogP contribution >= 0.6 is 0 Å². The first kappa shape index (κ1) is 28.4. The molecule has 0 spiro atoms. The minimum absolute atomic E-state index is 0.311. The summed E-state index contributed by atoms with van der Waals surface area (Å²) in [5.41, 5.74) is 6.01. The molecule has 0 radical (unpaired) electrons. The molecule has 0 aromatic heterocycles. The zero-order valence-electron chi connectivity index (χ0n) is 22.0. The van der Waals surface area contributed by atoms with E-state index in [0.717, 1.165) is 47.8 Å². The Morgan fingerprint density at radius 2 is 1.45 bits per heavy atom. The van der Waals surface area contributed by atoms with Crippen LogP contribution in [0.4, 0.5) is 5.69 Å². The molecule has 3 rings (SSSR count). The lowest BCUT2D eigenvalue weighted by Crippen LogP contribution is -2.54. The van der Waals surface area contributed by atoms with Crippen molar-refractivity contribution >= 4 is 23.4 Å². The Labute approximate surface area is 223 Å². The molecule has 0 saturated carbocycles. The summed E-state index contributed by atoms with van der Waals surface area (Å²) in [5.74, 6) is -2.23. The smallest absolute Gasteiger partial charge is 0.275 e. The summed E-state index contributed by atoms with van der Waals surface area (Å²) in [6.07, 6.45) is 1.02. The first-order valence-corrected chi connectivity index (χ1v) is 12.4. The number of carbonyl (C=O) groups excluding carboxylic acids is 3. The molecule has 0 saturated heterocycles. The Hall–Kier alpha value is -4.21. The summed E-state index contributed by atoms with van der Waals surface area (Å²) in [5, 5.41) is 14.7. The fourth-order valence-electron chi connectivity index (χ4n) is 4.13. The number of likely N-dealkylation sites (N-methyl/N-ethyl adjacent to an activating group) is 2. The number of hydrogen-bond donors (Lipinski definition) is 4. The summed E-state index contributed by atoms with van der Waals surface area (Å²) in [6, 6.07) is 23.9. The van der Waals surface area contributed by atoms with Crippen LogP contribution in [-0.2, 0) is 16.1 Å². The molecule has 0 fully saturated rings. The van der Waals surface area contributed by atoms with Crippen LogP contribution in [0.25, 0.3) is 11.1 Å². The van der Waals surface area contributed by atoms with Gasteiger partial charge in [-0.25, -0.2) is 5.48 Å². The van der Waals surface area contributed by atoms with Crippen molar-refractivity contribution in [2.24, 2.45) is 0 Å². The minimum atomic E-state index is -1.50. The van der Waals surface area contributed by atoms with Gasteiger partial charge in [0, 0.05) is 38.4 Å². The van der Waals surface area contributed by atoms with Gasteiger partial charge in [0.05, 0.1) is 0 Å². The van der Waals surface area contributed by atoms with E-state index in [4.69, 9.17) is 5.21 Å². The monoisotopic (exact) mass is 517 g/mol. The van der Waals surface area contributed by atoms with Crippen LogP contribution < -0.4 is 16.1 Å². The second kappa shape index (κ2) is 13.9. The van der Waals surface area contributed by atoms with E-state index in [9.17, 15) is 14.4 Å². The lowest BCUT2D eigenvalue weighted by atomic mass is 10.0. The van der Waals surface area contributed by atoms with E-state index in [1.54, 1.807) is 12.1 Å². The molecule has 1 unspecified atom stereocenters. The fraction of sp³-hybridized carbons (Fsp3) is 0.276. The largest absolute Gasteiger partial charge is 0.385 e.